The lowest BCUT2D eigenvalue weighted by molar-refractivity contribution is 0.867. The molecule has 0 spiro atoms. The van der Waals surface area contributed by atoms with Crippen LogP contribution in [0.4, 0.5) is 0 Å². The minimum atomic E-state index is 0.570. The zero-order valence-corrected chi connectivity index (χ0v) is 5.89. The van der Waals surface area contributed by atoms with Crippen molar-refractivity contribution in [2.75, 3.05) is 0 Å². The zero-order chi connectivity index (χ0) is 7.56. The summed E-state index contributed by atoms with van der Waals surface area (Å²) in [5.74, 6) is 0.570. The van der Waals surface area contributed by atoms with Crippen molar-refractivity contribution in [3.63, 3.8) is 0 Å². The number of rotatable bonds is 1. The van der Waals surface area contributed by atoms with E-state index in [9.17, 15) is 0 Å². The third-order valence-electron chi connectivity index (χ3n) is 1.41. The third kappa shape index (κ3) is 1.56. The monoisotopic (exact) mass is 122 g/mol. The van der Waals surface area contributed by atoms with Crippen molar-refractivity contribution in [3.8, 4) is 0 Å². The maximum atomic E-state index is 7.23. The third-order valence-corrected chi connectivity index (χ3v) is 1.41. The molecule has 0 saturated heterocycles. The molecule has 0 atom stereocenters. The number of hydrogen-bond acceptors (Lipinski definition) is 0. The molecule has 0 heteroatoms. The summed E-state index contributed by atoms with van der Waals surface area (Å²) >= 11 is 0. The van der Waals surface area contributed by atoms with Gasteiger partial charge in [-0.1, -0.05) is 44.2 Å². The molecule has 0 bridgehead atoms. The molecule has 0 nitrogen and oxygen atoms in total. The highest BCUT2D eigenvalue weighted by atomic mass is 14.0. The predicted molar refractivity (Wildman–Crippen MR) is 40.5 cm³/mol. The Kier molecular flexibility index (Phi) is 1.50. The molecule has 0 unspecified atom stereocenters. The molecule has 1 aromatic rings. The topological polar surface area (TPSA) is 0 Å². The summed E-state index contributed by atoms with van der Waals surface area (Å²) < 4.78 is 7.23. The normalized spacial score (nSPS) is 11.7. The Hall–Kier alpha value is -0.780. The molecule has 0 aromatic heterocycles. The highest BCUT2D eigenvalue weighted by Gasteiger charge is 1.93. The van der Waals surface area contributed by atoms with Gasteiger partial charge in [-0.05, 0) is 11.5 Å². The van der Waals surface area contributed by atoms with E-state index >= 15 is 0 Å². The van der Waals surface area contributed by atoms with Crippen LogP contribution in [0.25, 0.3) is 0 Å². The molecule has 0 N–H and O–H groups in total. The van der Waals surface area contributed by atoms with Crippen LogP contribution >= 0.6 is 0 Å². The SMILES string of the molecule is [3H]c1ccc(C(C)C)cc1. The average Bonchev–Trinajstić information content (AvgIpc) is 1.88. The standard InChI is InChI=1S/C9H12/c1-8(2)9-6-4-3-5-7-9/h3-8H,1-2H3/i3T. The van der Waals surface area contributed by atoms with E-state index in [4.69, 9.17) is 1.37 Å². The van der Waals surface area contributed by atoms with E-state index in [2.05, 4.69) is 13.8 Å². The van der Waals surface area contributed by atoms with Gasteiger partial charge in [-0.3, -0.25) is 0 Å². The first-order valence-corrected chi connectivity index (χ1v) is 3.26. The summed E-state index contributed by atoms with van der Waals surface area (Å²) in [7, 11) is 0. The van der Waals surface area contributed by atoms with Crippen LogP contribution in [0.2, 0.25) is 0 Å². The van der Waals surface area contributed by atoms with Gasteiger partial charge in [0.05, 0.1) is 1.37 Å². The van der Waals surface area contributed by atoms with Gasteiger partial charge in [0.15, 0.2) is 0 Å². The van der Waals surface area contributed by atoms with Crippen LogP contribution in [-0.2, 0) is 0 Å². The first kappa shape index (κ1) is 5.04. The van der Waals surface area contributed by atoms with Crippen molar-refractivity contribution in [1.29, 1.82) is 0 Å². The highest BCUT2D eigenvalue weighted by molar-refractivity contribution is 5.17. The Morgan fingerprint density at radius 1 is 1.33 bits per heavy atom. The van der Waals surface area contributed by atoms with Gasteiger partial charge < -0.3 is 0 Å². The van der Waals surface area contributed by atoms with Crippen molar-refractivity contribution in [2.45, 2.75) is 19.8 Å². The van der Waals surface area contributed by atoms with Crippen LogP contribution < -0.4 is 0 Å². The smallest absolute Gasteiger partial charge is 0.0622 e. The lowest BCUT2D eigenvalue weighted by Gasteiger charge is -2.01. The second-order valence-corrected chi connectivity index (χ2v) is 2.49. The number of benzene rings is 1. The molecule has 48 valence electrons. The zero-order valence-electron chi connectivity index (χ0n) is 6.89. The van der Waals surface area contributed by atoms with Gasteiger partial charge in [0.25, 0.3) is 0 Å². The summed E-state index contributed by atoms with van der Waals surface area (Å²) in [6.45, 7) is 4.30. The van der Waals surface area contributed by atoms with Crippen LogP contribution in [0.15, 0.2) is 30.3 Å². The van der Waals surface area contributed by atoms with Gasteiger partial charge in [0.2, 0.25) is 0 Å². The van der Waals surface area contributed by atoms with E-state index in [1.807, 2.05) is 24.3 Å². The summed E-state index contributed by atoms with van der Waals surface area (Å²) in [5.41, 5.74) is 1.30. The van der Waals surface area contributed by atoms with E-state index in [0.717, 1.165) is 0 Å². The Bertz CT molecular complexity index is 198. The van der Waals surface area contributed by atoms with E-state index in [1.165, 1.54) is 5.56 Å². The Labute approximate surface area is 57.9 Å². The highest BCUT2D eigenvalue weighted by Crippen LogP contribution is 2.11. The number of hydrogen-bond donors (Lipinski definition) is 0. The van der Waals surface area contributed by atoms with Crippen LogP contribution in [0.5, 0.6) is 0 Å². The summed E-state index contributed by atoms with van der Waals surface area (Å²) in [4.78, 5) is 0. The van der Waals surface area contributed by atoms with E-state index in [1.54, 1.807) is 0 Å². The van der Waals surface area contributed by atoms with Crippen molar-refractivity contribution in [2.24, 2.45) is 0 Å². The predicted octanol–water partition coefficient (Wildman–Crippen LogP) is 2.81. The molecule has 1 aromatic carbocycles. The molecular formula is C9H12. The first-order valence-electron chi connectivity index (χ1n) is 3.76. The quantitative estimate of drug-likeness (QED) is 0.537. The Morgan fingerprint density at radius 2 is 1.89 bits per heavy atom. The van der Waals surface area contributed by atoms with Gasteiger partial charge in [0.1, 0.15) is 0 Å². The molecule has 0 saturated carbocycles. The molecule has 0 amide bonds. The van der Waals surface area contributed by atoms with Crippen molar-refractivity contribution >= 4 is 0 Å². The minimum absolute atomic E-state index is 0.570. The van der Waals surface area contributed by atoms with Gasteiger partial charge in [-0.15, -0.1) is 0 Å². The molecule has 0 aliphatic rings. The average molecular weight is 122 g/mol. The summed E-state index contributed by atoms with van der Waals surface area (Å²) in [6.07, 6.45) is 0. The van der Waals surface area contributed by atoms with Gasteiger partial charge >= 0.3 is 0 Å². The fourth-order valence-corrected chi connectivity index (χ4v) is 0.785. The van der Waals surface area contributed by atoms with E-state index in [0.29, 0.717) is 12.0 Å². The van der Waals surface area contributed by atoms with Crippen molar-refractivity contribution in [1.82, 2.24) is 0 Å². The second kappa shape index (κ2) is 2.67. The van der Waals surface area contributed by atoms with Crippen molar-refractivity contribution < 1.29 is 1.37 Å². The first-order chi connectivity index (χ1) is 4.70. The van der Waals surface area contributed by atoms with Gasteiger partial charge in [-0.25, -0.2) is 0 Å². The molecule has 0 fully saturated rings. The van der Waals surface area contributed by atoms with Crippen LogP contribution in [0, 0.1) is 0 Å². The van der Waals surface area contributed by atoms with Crippen LogP contribution in [-0.4, -0.2) is 0 Å². The van der Waals surface area contributed by atoms with Crippen molar-refractivity contribution in [3.05, 3.63) is 35.9 Å². The van der Waals surface area contributed by atoms with E-state index in [-0.39, 0.29) is 0 Å². The second-order valence-electron chi connectivity index (χ2n) is 2.49. The summed E-state index contributed by atoms with van der Waals surface area (Å²) in [6, 6.07) is 8.26. The van der Waals surface area contributed by atoms with Gasteiger partial charge in [0, 0.05) is 0 Å². The maximum Gasteiger partial charge on any atom is 0.0623 e. The van der Waals surface area contributed by atoms with Crippen LogP contribution in [0.1, 0.15) is 26.7 Å². The molecule has 0 heterocycles. The lowest BCUT2D eigenvalue weighted by atomic mass is 10.0. The maximum absolute atomic E-state index is 7.23. The van der Waals surface area contributed by atoms with Crippen LogP contribution in [0.3, 0.4) is 0 Å². The molecule has 0 radical (unpaired) electrons. The van der Waals surface area contributed by atoms with Gasteiger partial charge in [-0.2, -0.15) is 0 Å². The largest absolute Gasteiger partial charge is 0.0623 e. The summed E-state index contributed by atoms with van der Waals surface area (Å²) in [5, 5.41) is 0. The fraction of sp³-hybridized carbons (Fsp3) is 0.333. The Morgan fingerprint density at radius 3 is 2.33 bits per heavy atom. The van der Waals surface area contributed by atoms with E-state index < -0.39 is 0 Å². The molecule has 1 rings (SSSR count). The molecule has 0 aliphatic carbocycles. The fourth-order valence-electron chi connectivity index (χ4n) is 0.785. The molecule has 9 heavy (non-hydrogen) atoms. The molecular weight excluding hydrogens is 108 g/mol. The lowest BCUT2D eigenvalue weighted by Crippen LogP contribution is -1.83. The molecule has 0 aliphatic heterocycles. The Balaban J connectivity index is 2.89. The minimum Gasteiger partial charge on any atom is -0.0622 e.